The SMILES string of the molecule is CCCCC/C=C\C/C=C\C/C=C\C/C=C\CCCC(=O)Nc1ccc(O[C@@H]2O[C@H](CO)[C@@H](O)[C@H](O)[C@H]2O)cc1. The first-order chi connectivity index (χ1) is 19.5. The van der Waals surface area contributed by atoms with Gasteiger partial charge in [0, 0.05) is 12.1 Å². The molecule has 1 saturated heterocycles. The second-order valence-corrected chi connectivity index (χ2v) is 9.87. The van der Waals surface area contributed by atoms with Gasteiger partial charge in [0.15, 0.2) is 0 Å². The number of anilines is 1. The lowest BCUT2D eigenvalue weighted by Crippen LogP contribution is -2.60. The number of hydrogen-bond acceptors (Lipinski definition) is 7. The van der Waals surface area contributed by atoms with E-state index in [1.165, 1.54) is 25.7 Å². The Kier molecular flexibility index (Phi) is 16.9. The molecule has 5 N–H and O–H groups in total. The van der Waals surface area contributed by atoms with Crippen molar-refractivity contribution in [3.8, 4) is 5.75 Å². The predicted octanol–water partition coefficient (Wildman–Crippen LogP) is 4.95. The van der Waals surface area contributed by atoms with Gasteiger partial charge in [-0.3, -0.25) is 4.79 Å². The van der Waals surface area contributed by atoms with Crippen molar-refractivity contribution in [2.24, 2.45) is 0 Å². The molecule has 1 aromatic carbocycles. The number of benzene rings is 1. The molecule has 8 nitrogen and oxygen atoms in total. The molecule has 40 heavy (non-hydrogen) atoms. The lowest BCUT2D eigenvalue weighted by atomic mass is 9.99. The number of unbranched alkanes of at least 4 members (excludes halogenated alkanes) is 4. The molecule has 0 aromatic heterocycles. The number of carbonyl (C=O) groups is 1. The molecule has 0 saturated carbocycles. The molecule has 1 aliphatic heterocycles. The normalized spacial score (nSPS) is 23.6. The standard InChI is InChI=1S/C32H47NO7/c1-2-3-4-5-6-7-8-9-10-11-12-13-14-15-16-17-18-19-28(35)33-25-20-22-26(23-21-25)39-32-31(38)30(37)29(36)27(24-34)40-32/h6-7,9-10,12-13,15-16,20-23,27,29-32,34,36-38H,2-5,8,11,14,17-19,24H2,1H3,(H,33,35)/b7-6-,10-9-,13-12-,16-15-/t27-,29-,30+,31-,32-/m1/s1. The number of allylic oxidation sites excluding steroid dienone is 8. The third-order valence-corrected chi connectivity index (χ3v) is 6.47. The number of amides is 1. The van der Waals surface area contributed by atoms with Crippen LogP contribution in [0.4, 0.5) is 5.69 Å². The third kappa shape index (κ3) is 13.1. The van der Waals surface area contributed by atoms with E-state index in [1.807, 2.05) is 0 Å². The summed E-state index contributed by atoms with van der Waals surface area (Å²) < 4.78 is 10.9. The average Bonchev–Trinajstić information content (AvgIpc) is 2.96. The number of nitrogens with one attached hydrogen (secondary N) is 1. The van der Waals surface area contributed by atoms with Crippen LogP contribution in [0.1, 0.15) is 71.1 Å². The Morgan fingerprint density at radius 2 is 1.40 bits per heavy atom. The second kappa shape index (κ2) is 20.2. The van der Waals surface area contributed by atoms with Crippen molar-refractivity contribution in [3.63, 3.8) is 0 Å². The smallest absolute Gasteiger partial charge is 0.229 e. The van der Waals surface area contributed by atoms with Gasteiger partial charge in [-0.25, -0.2) is 0 Å². The van der Waals surface area contributed by atoms with E-state index in [-0.39, 0.29) is 5.91 Å². The third-order valence-electron chi connectivity index (χ3n) is 6.47. The molecule has 0 unspecified atom stereocenters. The summed E-state index contributed by atoms with van der Waals surface area (Å²) in [5, 5.41) is 41.9. The van der Waals surface area contributed by atoms with Crippen LogP contribution in [0.25, 0.3) is 0 Å². The molecule has 222 valence electrons. The number of aliphatic hydroxyl groups is 4. The van der Waals surface area contributed by atoms with Gasteiger partial charge < -0.3 is 35.2 Å². The Bertz CT molecular complexity index is 939. The zero-order valence-electron chi connectivity index (χ0n) is 23.6. The van der Waals surface area contributed by atoms with Gasteiger partial charge in [-0.1, -0.05) is 68.4 Å². The summed E-state index contributed by atoms with van der Waals surface area (Å²) in [6.07, 6.45) is 20.6. The zero-order chi connectivity index (χ0) is 29.0. The zero-order valence-corrected chi connectivity index (χ0v) is 23.6. The number of carbonyl (C=O) groups excluding carboxylic acids is 1. The molecule has 0 radical (unpaired) electrons. The summed E-state index contributed by atoms with van der Waals surface area (Å²) in [5.74, 6) is 0.251. The van der Waals surface area contributed by atoms with E-state index in [1.54, 1.807) is 24.3 Å². The topological polar surface area (TPSA) is 128 Å². The largest absolute Gasteiger partial charge is 0.462 e. The summed E-state index contributed by atoms with van der Waals surface area (Å²) in [6, 6.07) is 6.50. The van der Waals surface area contributed by atoms with Gasteiger partial charge in [0.2, 0.25) is 12.2 Å². The van der Waals surface area contributed by atoms with E-state index in [2.05, 4.69) is 60.8 Å². The van der Waals surface area contributed by atoms with Gasteiger partial charge in [-0.05, 0) is 69.2 Å². The molecule has 5 atom stereocenters. The second-order valence-electron chi connectivity index (χ2n) is 9.87. The molecule has 8 heteroatoms. The summed E-state index contributed by atoms with van der Waals surface area (Å²) in [6.45, 7) is 1.69. The Balaban J connectivity index is 1.57. The van der Waals surface area contributed by atoms with Gasteiger partial charge in [0.05, 0.1) is 6.61 Å². The summed E-state index contributed by atoms with van der Waals surface area (Å²) in [4.78, 5) is 12.2. The maximum Gasteiger partial charge on any atom is 0.229 e. The molecule has 1 heterocycles. The number of hydrogen-bond donors (Lipinski definition) is 5. The van der Waals surface area contributed by atoms with E-state index in [0.717, 1.165) is 32.1 Å². The van der Waals surface area contributed by atoms with E-state index in [4.69, 9.17) is 9.47 Å². The molecule has 2 rings (SSSR count). The molecular formula is C32H47NO7. The number of aliphatic hydroxyl groups excluding tert-OH is 4. The van der Waals surface area contributed by atoms with Crippen LogP contribution in [-0.2, 0) is 9.53 Å². The van der Waals surface area contributed by atoms with Crippen LogP contribution in [0, 0.1) is 0 Å². The minimum absolute atomic E-state index is 0.0847. The Hall–Kier alpha value is -2.75. The average molecular weight is 558 g/mol. The highest BCUT2D eigenvalue weighted by Crippen LogP contribution is 2.25. The summed E-state index contributed by atoms with van der Waals surface area (Å²) in [7, 11) is 0. The molecule has 1 aromatic rings. The van der Waals surface area contributed by atoms with Crippen molar-refractivity contribution in [1.29, 1.82) is 0 Å². The number of rotatable bonds is 18. The van der Waals surface area contributed by atoms with Crippen LogP contribution < -0.4 is 10.1 Å². The fourth-order valence-electron chi connectivity index (χ4n) is 4.08. The van der Waals surface area contributed by atoms with Crippen LogP contribution in [-0.4, -0.2) is 63.6 Å². The first-order valence-electron chi connectivity index (χ1n) is 14.4. The van der Waals surface area contributed by atoms with E-state index >= 15 is 0 Å². The van der Waals surface area contributed by atoms with Crippen molar-refractivity contribution in [2.75, 3.05) is 11.9 Å². The fraction of sp³-hybridized carbons (Fsp3) is 0.531. The van der Waals surface area contributed by atoms with Crippen molar-refractivity contribution in [2.45, 2.75) is 102 Å². The lowest BCUT2D eigenvalue weighted by Gasteiger charge is -2.39. The van der Waals surface area contributed by atoms with Gasteiger partial charge >= 0.3 is 0 Å². The maximum atomic E-state index is 12.2. The fourth-order valence-corrected chi connectivity index (χ4v) is 4.08. The first-order valence-corrected chi connectivity index (χ1v) is 14.4. The van der Waals surface area contributed by atoms with Crippen molar-refractivity contribution >= 4 is 11.6 Å². The molecule has 1 fully saturated rings. The monoisotopic (exact) mass is 557 g/mol. The highest BCUT2D eigenvalue weighted by molar-refractivity contribution is 5.90. The van der Waals surface area contributed by atoms with Crippen LogP contribution in [0.5, 0.6) is 5.75 Å². The quantitative estimate of drug-likeness (QED) is 0.128. The van der Waals surface area contributed by atoms with Crippen LogP contribution in [0.3, 0.4) is 0 Å². The molecule has 0 aliphatic carbocycles. The van der Waals surface area contributed by atoms with Crippen LogP contribution >= 0.6 is 0 Å². The summed E-state index contributed by atoms with van der Waals surface area (Å²) >= 11 is 0. The highest BCUT2D eigenvalue weighted by Gasteiger charge is 2.44. The van der Waals surface area contributed by atoms with Crippen molar-refractivity contribution in [1.82, 2.24) is 0 Å². The lowest BCUT2D eigenvalue weighted by molar-refractivity contribution is -0.277. The van der Waals surface area contributed by atoms with E-state index < -0.39 is 37.3 Å². The van der Waals surface area contributed by atoms with E-state index in [9.17, 15) is 25.2 Å². The number of ether oxygens (including phenoxy) is 2. The van der Waals surface area contributed by atoms with Gasteiger partial charge in [-0.2, -0.15) is 0 Å². The van der Waals surface area contributed by atoms with Crippen molar-refractivity contribution < 1.29 is 34.7 Å². The minimum Gasteiger partial charge on any atom is -0.462 e. The molecule has 0 spiro atoms. The molecule has 0 bridgehead atoms. The van der Waals surface area contributed by atoms with Crippen LogP contribution in [0.2, 0.25) is 0 Å². The van der Waals surface area contributed by atoms with Gasteiger partial charge in [-0.15, -0.1) is 0 Å². The Morgan fingerprint density at radius 1 is 0.825 bits per heavy atom. The van der Waals surface area contributed by atoms with Gasteiger partial charge in [0.1, 0.15) is 30.2 Å². The minimum atomic E-state index is -1.51. The molecular weight excluding hydrogens is 510 g/mol. The highest BCUT2D eigenvalue weighted by atomic mass is 16.7. The Labute approximate surface area is 238 Å². The summed E-state index contributed by atoms with van der Waals surface area (Å²) in [5.41, 5.74) is 0.601. The Morgan fingerprint density at radius 3 is 1.98 bits per heavy atom. The molecule has 1 aliphatic rings. The van der Waals surface area contributed by atoms with Gasteiger partial charge in [0.25, 0.3) is 0 Å². The maximum absolute atomic E-state index is 12.2. The molecule has 1 amide bonds. The predicted molar refractivity (Wildman–Crippen MR) is 158 cm³/mol. The van der Waals surface area contributed by atoms with E-state index in [0.29, 0.717) is 17.9 Å². The van der Waals surface area contributed by atoms with Crippen LogP contribution in [0.15, 0.2) is 72.9 Å². The first kappa shape index (κ1) is 33.5. The van der Waals surface area contributed by atoms with Crippen molar-refractivity contribution in [3.05, 3.63) is 72.9 Å².